The zero-order chi connectivity index (χ0) is 17.0. The molecular weight excluding hydrogens is 323 g/mol. The average Bonchev–Trinajstić information content (AvgIpc) is 2.48. The van der Waals surface area contributed by atoms with E-state index >= 15 is 0 Å². The lowest BCUT2D eigenvalue weighted by Gasteiger charge is -2.35. The van der Waals surface area contributed by atoms with Crippen molar-refractivity contribution in [3.63, 3.8) is 0 Å². The Bertz CT molecular complexity index is 518. The Kier molecular flexibility index (Phi) is 5.64. The van der Waals surface area contributed by atoms with Crippen LogP contribution in [0, 0.1) is 0 Å². The third-order valence-corrected chi connectivity index (χ3v) is 3.54. The number of methoxy groups -OCH3 is 1. The summed E-state index contributed by atoms with van der Waals surface area (Å²) in [7, 11) is 1.22. The number of alkyl halides is 5. The fourth-order valence-electron chi connectivity index (χ4n) is 2.59. The van der Waals surface area contributed by atoms with Crippen LogP contribution < -0.4 is 14.8 Å². The summed E-state index contributed by atoms with van der Waals surface area (Å²) in [6.07, 6.45) is -7.55. The van der Waals surface area contributed by atoms with E-state index in [2.05, 4.69) is 10.1 Å². The summed E-state index contributed by atoms with van der Waals surface area (Å²) in [5, 5.41) is 3.06. The van der Waals surface area contributed by atoms with Gasteiger partial charge in [0.05, 0.1) is 13.2 Å². The minimum atomic E-state index is -4.85. The van der Waals surface area contributed by atoms with Crippen molar-refractivity contribution in [2.45, 2.75) is 18.8 Å². The SMILES string of the molecule is COc1cc(OC(F)(F)F)ccc1[C@@H](C(F)F)N1CCNCC1. The van der Waals surface area contributed by atoms with Crippen LogP contribution in [-0.2, 0) is 0 Å². The van der Waals surface area contributed by atoms with Crippen LogP contribution in [0.5, 0.6) is 11.5 Å². The van der Waals surface area contributed by atoms with Crippen molar-refractivity contribution >= 4 is 0 Å². The van der Waals surface area contributed by atoms with Crippen LogP contribution >= 0.6 is 0 Å². The lowest BCUT2D eigenvalue weighted by Crippen LogP contribution is -2.47. The second kappa shape index (κ2) is 7.31. The van der Waals surface area contributed by atoms with Gasteiger partial charge < -0.3 is 14.8 Å². The monoisotopic (exact) mass is 340 g/mol. The molecule has 1 saturated heterocycles. The van der Waals surface area contributed by atoms with Crippen molar-refractivity contribution in [2.24, 2.45) is 0 Å². The Morgan fingerprint density at radius 2 is 1.83 bits per heavy atom. The summed E-state index contributed by atoms with van der Waals surface area (Å²) in [6.45, 7) is 1.97. The maximum atomic E-state index is 13.5. The van der Waals surface area contributed by atoms with Crippen LogP contribution in [0.2, 0.25) is 0 Å². The topological polar surface area (TPSA) is 33.7 Å². The molecule has 1 N–H and O–H groups in total. The van der Waals surface area contributed by atoms with Gasteiger partial charge in [0.2, 0.25) is 0 Å². The molecule has 0 aliphatic carbocycles. The highest BCUT2D eigenvalue weighted by Gasteiger charge is 2.34. The van der Waals surface area contributed by atoms with E-state index in [4.69, 9.17) is 4.74 Å². The number of hydrogen-bond acceptors (Lipinski definition) is 4. The van der Waals surface area contributed by atoms with Gasteiger partial charge >= 0.3 is 6.36 Å². The first-order valence-corrected chi connectivity index (χ1v) is 6.98. The summed E-state index contributed by atoms with van der Waals surface area (Å²) < 4.78 is 72.6. The van der Waals surface area contributed by atoms with E-state index in [0.717, 1.165) is 12.1 Å². The summed E-state index contributed by atoms with van der Waals surface area (Å²) in [5.74, 6) is -0.568. The summed E-state index contributed by atoms with van der Waals surface area (Å²) in [6, 6.07) is 1.94. The van der Waals surface area contributed by atoms with E-state index in [9.17, 15) is 22.0 Å². The molecule has 0 radical (unpaired) electrons. The molecule has 1 aliphatic rings. The van der Waals surface area contributed by atoms with E-state index in [0.29, 0.717) is 26.2 Å². The number of hydrogen-bond donors (Lipinski definition) is 1. The van der Waals surface area contributed by atoms with Gasteiger partial charge in [-0.15, -0.1) is 13.2 Å². The molecule has 1 fully saturated rings. The van der Waals surface area contributed by atoms with Gasteiger partial charge in [0.1, 0.15) is 11.5 Å². The second-order valence-electron chi connectivity index (χ2n) is 5.02. The maximum Gasteiger partial charge on any atom is 0.573 e. The standard InChI is InChI=1S/C14H17F5N2O2/c1-22-11-8-9(23-14(17,18)19)2-3-10(11)12(13(15)16)21-6-4-20-5-7-21/h2-3,8,12-13,20H,4-7H2,1H3/t12-/m0/s1. The molecule has 1 atom stereocenters. The van der Waals surface area contributed by atoms with Crippen molar-refractivity contribution < 1.29 is 31.4 Å². The van der Waals surface area contributed by atoms with Crippen LogP contribution in [0.3, 0.4) is 0 Å². The van der Waals surface area contributed by atoms with Crippen molar-refractivity contribution in [3.05, 3.63) is 23.8 Å². The highest BCUT2D eigenvalue weighted by atomic mass is 19.4. The van der Waals surface area contributed by atoms with Gasteiger partial charge in [-0.05, 0) is 12.1 Å². The number of nitrogens with zero attached hydrogens (tertiary/aromatic N) is 1. The van der Waals surface area contributed by atoms with E-state index < -0.39 is 24.6 Å². The fraction of sp³-hybridized carbons (Fsp3) is 0.571. The lowest BCUT2D eigenvalue weighted by atomic mass is 10.0. The number of ether oxygens (including phenoxy) is 2. The van der Waals surface area contributed by atoms with Crippen LogP contribution in [0.4, 0.5) is 22.0 Å². The van der Waals surface area contributed by atoms with E-state index in [1.807, 2.05) is 0 Å². The molecule has 23 heavy (non-hydrogen) atoms. The van der Waals surface area contributed by atoms with E-state index in [1.54, 1.807) is 4.90 Å². The molecule has 2 rings (SSSR count). The quantitative estimate of drug-likeness (QED) is 0.836. The molecule has 0 spiro atoms. The first-order valence-electron chi connectivity index (χ1n) is 6.98. The summed E-state index contributed by atoms with van der Waals surface area (Å²) >= 11 is 0. The van der Waals surface area contributed by atoms with Crippen molar-refractivity contribution in [2.75, 3.05) is 33.3 Å². The predicted octanol–water partition coefficient (Wildman–Crippen LogP) is 2.81. The molecule has 130 valence electrons. The highest BCUT2D eigenvalue weighted by Crippen LogP contribution is 2.37. The zero-order valence-corrected chi connectivity index (χ0v) is 12.4. The molecule has 1 aliphatic heterocycles. The van der Waals surface area contributed by atoms with E-state index in [1.165, 1.54) is 13.2 Å². The summed E-state index contributed by atoms with van der Waals surface area (Å²) in [5.41, 5.74) is 0.138. The van der Waals surface area contributed by atoms with Crippen molar-refractivity contribution in [1.29, 1.82) is 0 Å². The Balaban J connectivity index is 2.31. The van der Waals surface area contributed by atoms with Gasteiger partial charge in [0.25, 0.3) is 6.43 Å². The number of nitrogens with one attached hydrogen (secondary N) is 1. The van der Waals surface area contributed by atoms with Crippen LogP contribution in [0.25, 0.3) is 0 Å². The van der Waals surface area contributed by atoms with Gasteiger partial charge in [0, 0.05) is 37.8 Å². The predicted molar refractivity (Wildman–Crippen MR) is 72.9 cm³/mol. The normalized spacial score (nSPS) is 18.0. The third-order valence-electron chi connectivity index (χ3n) is 3.54. The largest absolute Gasteiger partial charge is 0.573 e. The fourth-order valence-corrected chi connectivity index (χ4v) is 2.59. The number of benzene rings is 1. The zero-order valence-electron chi connectivity index (χ0n) is 12.4. The van der Waals surface area contributed by atoms with Gasteiger partial charge in [-0.25, -0.2) is 8.78 Å². The van der Waals surface area contributed by atoms with Gasteiger partial charge in [-0.3, -0.25) is 4.90 Å². The molecule has 0 aromatic heterocycles. The second-order valence-corrected chi connectivity index (χ2v) is 5.02. The van der Waals surface area contributed by atoms with Crippen LogP contribution in [0.1, 0.15) is 11.6 Å². The van der Waals surface area contributed by atoms with Gasteiger partial charge in [-0.2, -0.15) is 0 Å². The lowest BCUT2D eigenvalue weighted by molar-refractivity contribution is -0.274. The number of piperazine rings is 1. The van der Waals surface area contributed by atoms with Gasteiger partial charge in [0.15, 0.2) is 0 Å². The molecule has 1 aromatic rings. The Morgan fingerprint density at radius 3 is 2.35 bits per heavy atom. The number of halogens is 5. The minimum Gasteiger partial charge on any atom is -0.496 e. The summed E-state index contributed by atoms with van der Waals surface area (Å²) in [4.78, 5) is 1.59. The average molecular weight is 340 g/mol. The van der Waals surface area contributed by atoms with E-state index in [-0.39, 0.29) is 11.3 Å². The molecule has 4 nitrogen and oxygen atoms in total. The smallest absolute Gasteiger partial charge is 0.496 e. The molecule has 0 unspecified atom stereocenters. The first-order chi connectivity index (χ1) is 10.8. The first kappa shape index (κ1) is 17.7. The Labute approximate surface area is 130 Å². The van der Waals surface area contributed by atoms with Gasteiger partial charge in [-0.1, -0.05) is 0 Å². The molecule has 0 amide bonds. The molecule has 1 aromatic carbocycles. The minimum absolute atomic E-state index is 0.0596. The Hall–Kier alpha value is -1.61. The van der Waals surface area contributed by atoms with Crippen molar-refractivity contribution in [1.82, 2.24) is 10.2 Å². The number of rotatable bonds is 5. The third kappa shape index (κ3) is 4.68. The molecule has 9 heteroatoms. The molecule has 1 heterocycles. The van der Waals surface area contributed by atoms with Crippen LogP contribution in [0.15, 0.2) is 18.2 Å². The molecular formula is C14H17F5N2O2. The molecule has 0 saturated carbocycles. The highest BCUT2D eigenvalue weighted by molar-refractivity contribution is 5.43. The maximum absolute atomic E-state index is 13.5. The van der Waals surface area contributed by atoms with Crippen molar-refractivity contribution in [3.8, 4) is 11.5 Å². The molecule has 0 bridgehead atoms. The van der Waals surface area contributed by atoms with Crippen LogP contribution in [-0.4, -0.2) is 51.0 Å². The Morgan fingerprint density at radius 1 is 1.17 bits per heavy atom.